The molecule has 0 radical (unpaired) electrons. The molecule has 0 aliphatic heterocycles. The van der Waals surface area contributed by atoms with Gasteiger partial charge in [0.15, 0.2) is 0 Å². The summed E-state index contributed by atoms with van der Waals surface area (Å²) in [7, 11) is -1.46. The Labute approximate surface area is 115 Å². The molecule has 1 amide bonds. The Kier molecular flexibility index (Phi) is 4.69. The average molecular weight is 302 g/mol. The highest BCUT2D eigenvalue weighted by molar-refractivity contribution is 7.89. The van der Waals surface area contributed by atoms with E-state index in [-0.39, 0.29) is 4.90 Å². The van der Waals surface area contributed by atoms with Gasteiger partial charge in [-0.25, -0.2) is 13.2 Å². The van der Waals surface area contributed by atoms with Crippen LogP contribution in [-0.2, 0) is 14.8 Å². The number of hydrogen-bond acceptors (Lipinski definition) is 5. The molecule has 0 atom stereocenters. The number of carbonyl (C=O) groups excluding carboxylic acids is 1. The van der Waals surface area contributed by atoms with E-state index in [1.54, 1.807) is 0 Å². The van der Waals surface area contributed by atoms with Crippen LogP contribution >= 0.6 is 0 Å². The molecule has 0 spiro atoms. The minimum Gasteiger partial charge on any atom is -0.507 e. The molecule has 0 aliphatic rings. The Balaban J connectivity index is 3.19. The van der Waals surface area contributed by atoms with Crippen LogP contribution in [0.15, 0.2) is 23.1 Å². The van der Waals surface area contributed by atoms with Crippen LogP contribution in [0.2, 0.25) is 0 Å². The fraction of sp³-hybridized carbons (Fsp3) is 0.273. The number of aromatic carboxylic acids is 1. The lowest BCUT2D eigenvalue weighted by atomic mass is 10.2. The van der Waals surface area contributed by atoms with E-state index >= 15 is 0 Å². The highest BCUT2D eigenvalue weighted by atomic mass is 32.2. The zero-order valence-corrected chi connectivity index (χ0v) is 11.6. The minimum absolute atomic E-state index is 0.320. The molecule has 0 heterocycles. The number of phenols is 1. The number of aromatic hydroxyl groups is 1. The summed E-state index contributed by atoms with van der Waals surface area (Å²) in [5, 5.41) is 20.5. The van der Waals surface area contributed by atoms with Crippen molar-refractivity contribution in [2.24, 2.45) is 0 Å². The molecule has 8 nitrogen and oxygen atoms in total. The SMILES string of the molecule is CNC(=O)CN(C)S(=O)(=O)c1ccc(O)c(C(=O)O)c1. The van der Waals surface area contributed by atoms with Gasteiger partial charge in [0.05, 0.1) is 11.4 Å². The number of hydrogen-bond donors (Lipinski definition) is 3. The summed E-state index contributed by atoms with van der Waals surface area (Å²) in [6, 6.07) is 2.88. The Morgan fingerprint density at radius 2 is 1.95 bits per heavy atom. The van der Waals surface area contributed by atoms with Gasteiger partial charge < -0.3 is 15.5 Å². The van der Waals surface area contributed by atoms with Crippen LogP contribution in [-0.4, -0.2) is 55.5 Å². The molecular weight excluding hydrogens is 288 g/mol. The first-order chi connectivity index (χ1) is 9.20. The highest BCUT2D eigenvalue weighted by Crippen LogP contribution is 2.23. The molecule has 0 aromatic heterocycles. The van der Waals surface area contributed by atoms with E-state index in [0.29, 0.717) is 0 Å². The number of benzene rings is 1. The standard InChI is InChI=1S/C11H14N2O6S/c1-12-10(15)6-13(2)20(18,19)7-3-4-9(14)8(5-7)11(16)17/h3-5,14H,6H2,1-2H3,(H,12,15)(H,16,17). The molecule has 1 rings (SSSR count). The van der Waals surface area contributed by atoms with E-state index in [2.05, 4.69) is 5.32 Å². The number of amides is 1. The number of sulfonamides is 1. The number of carboxylic acid groups (broad SMARTS) is 1. The monoisotopic (exact) mass is 302 g/mol. The van der Waals surface area contributed by atoms with Crippen molar-refractivity contribution < 1.29 is 28.2 Å². The van der Waals surface area contributed by atoms with Crippen molar-refractivity contribution in [1.29, 1.82) is 0 Å². The number of nitrogens with zero attached hydrogens (tertiary/aromatic N) is 1. The minimum atomic E-state index is -4.02. The van der Waals surface area contributed by atoms with Crippen molar-refractivity contribution >= 4 is 21.9 Å². The maximum atomic E-state index is 12.1. The Morgan fingerprint density at radius 3 is 2.45 bits per heavy atom. The summed E-state index contributed by atoms with van der Waals surface area (Å²) in [5.41, 5.74) is -0.528. The maximum Gasteiger partial charge on any atom is 0.339 e. The van der Waals surface area contributed by atoms with Gasteiger partial charge >= 0.3 is 5.97 Å². The van der Waals surface area contributed by atoms with Crippen LogP contribution in [0.1, 0.15) is 10.4 Å². The molecule has 0 saturated carbocycles. The summed E-state index contributed by atoms with van der Waals surface area (Å²) >= 11 is 0. The third-order valence-corrected chi connectivity index (χ3v) is 4.35. The van der Waals surface area contributed by atoms with Gasteiger partial charge in [0.1, 0.15) is 11.3 Å². The molecule has 3 N–H and O–H groups in total. The van der Waals surface area contributed by atoms with Gasteiger partial charge in [-0.15, -0.1) is 0 Å². The molecule has 0 aliphatic carbocycles. The maximum absolute atomic E-state index is 12.1. The molecule has 110 valence electrons. The highest BCUT2D eigenvalue weighted by Gasteiger charge is 2.24. The predicted octanol–water partition coefficient (Wildman–Crippen LogP) is -0.543. The lowest BCUT2D eigenvalue weighted by Crippen LogP contribution is -2.36. The molecule has 0 unspecified atom stereocenters. The average Bonchev–Trinajstić information content (AvgIpc) is 2.38. The second-order valence-corrected chi connectivity index (χ2v) is 5.96. The quantitative estimate of drug-likeness (QED) is 0.671. The van der Waals surface area contributed by atoms with E-state index in [4.69, 9.17) is 5.11 Å². The van der Waals surface area contributed by atoms with Gasteiger partial charge in [0.2, 0.25) is 15.9 Å². The molecular formula is C11H14N2O6S. The molecule has 1 aromatic carbocycles. The van der Waals surface area contributed by atoms with Crippen molar-refractivity contribution in [1.82, 2.24) is 9.62 Å². The van der Waals surface area contributed by atoms with Gasteiger partial charge in [-0.1, -0.05) is 0 Å². The Hall–Kier alpha value is -2.13. The van der Waals surface area contributed by atoms with Gasteiger partial charge in [0.25, 0.3) is 0 Å². The third kappa shape index (κ3) is 3.25. The van der Waals surface area contributed by atoms with Crippen molar-refractivity contribution in [2.45, 2.75) is 4.90 Å². The summed E-state index contributed by atoms with van der Waals surface area (Å²) in [6.45, 7) is -0.401. The summed E-state index contributed by atoms with van der Waals surface area (Å²) in [5.74, 6) is -2.49. The van der Waals surface area contributed by atoms with E-state index < -0.39 is 39.8 Å². The van der Waals surface area contributed by atoms with Crippen LogP contribution < -0.4 is 5.32 Å². The molecule has 20 heavy (non-hydrogen) atoms. The predicted molar refractivity (Wildman–Crippen MR) is 68.9 cm³/mol. The van der Waals surface area contributed by atoms with E-state index in [1.807, 2.05) is 0 Å². The van der Waals surface area contributed by atoms with Gasteiger partial charge in [-0.2, -0.15) is 4.31 Å². The largest absolute Gasteiger partial charge is 0.507 e. The second-order valence-electron chi connectivity index (χ2n) is 3.92. The first kappa shape index (κ1) is 15.9. The molecule has 0 bridgehead atoms. The fourth-order valence-corrected chi connectivity index (χ4v) is 2.55. The van der Waals surface area contributed by atoms with Crippen LogP contribution in [0.4, 0.5) is 0 Å². The Bertz CT molecular complexity index is 640. The number of carboxylic acids is 1. The topological polar surface area (TPSA) is 124 Å². The van der Waals surface area contributed by atoms with Crippen molar-refractivity contribution in [3.8, 4) is 5.75 Å². The molecule has 9 heteroatoms. The number of rotatable bonds is 5. The fourth-order valence-electron chi connectivity index (χ4n) is 1.39. The molecule has 1 aromatic rings. The lowest BCUT2D eigenvalue weighted by Gasteiger charge is -2.16. The van der Waals surface area contributed by atoms with E-state index in [0.717, 1.165) is 22.5 Å². The number of nitrogens with one attached hydrogen (secondary N) is 1. The first-order valence-electron chi connectivity index (χ1n) is 5.43. The zero-order chi connectivity index (χ0) is 15.5. The summed E-state index contributed by atoms with van der Waals surface area (Å²) in [4.78, 5) is 21.7. The second kappa shape index (κ2) is 5.88. The summed E-state index contributed by atoms with van der Waals surface area (Å²) in [6.07, 6.45) is 0. The molecule has 0 saturated heterocycles. The lowest BCUT2D eigenvalue weighted by molar-refractivity contribution is -0.120. The molecule has 0 fully saturated rings. The van der Waals surface area contributed by atoms with Crippen LogP contribution in [0.5, 0.6) is 5.75 Å². The van der Waals surface area contributed by atoms with Crippen LogP contribution in [0, 0.1) is 0 Å². The first-order valence-corrected chi connectivity index (χ1v) is 6.87. The third-order valence-electron chi connectivity index (χ3n) is 2.55. The summed E-state index contributed by atoms with van der Waals surface area (Å²) < 4.78 is 25.1. The number of carbonyl (C=O) groups is 2. The van der Waals surface area contributed by atoms with Gasteiger partial charge in [-0.05, 0) is 18.2 Å². The Morgan fingerprint density at radius 1 is 1.35 bits per heavy atom. The zero-order valence-electron chi connectivity index (χ0n) is 10.8. The normalized spacial score (nSPS) is 11.3. The number of likely N-dealkylation sites (N-methyl/N-ethyl adjacent to an activating group) is 2. The van der Waals surface area contributed by atoms with E-state index in [9.17, 15) is 23.1 Å². The van der Waals surface area contributed by atoms with Gasteiger partial charge in [-0.3, -0.25) is 4.79 Å². The van der Waals surface area contributed by atoms with E-state index in [1.165, 1.54) is 14.1 Å². The van der Waals surface area contributed by atoms with Crippen LogP contribution in [0.25, 0.3) is 0 Å². The van der Waals surface area contributed by atoms with Crippen molar-refractivity contribution in [3.05, 3.63) is 23.8 Å². The van der Waals surface area contributed by atoms with Gasteiger partial charge in [0, 0.05) is 14.1 Å². The van der Waals surface area contributed by atoms with Crippen molar-refractivity contribution in [3.63, 3.8) is 0 Å². The smallest absolute Gasteiger partial charge is 0.339 e. The van der Waals surface area contributed by atoms with Crippen molar-refractivity contribution in [2.75, 3.05) is 20.6 Å². The van der Waals surface area contributed by atoms with Crippen LogP contribution in [0.3, 0.4) is 0 Å².